The first-order chi connectivity index (χ1) is 10.7. The maximum atomic E-state index is 12.5. The largest absolute Gasteiger partial charge is 0.340 e. The molecule has 24 heavy (non-hydrogen) atoms. The zero-order chi connectivity index (χ0) is 15.1. The highest BCUT2D eigenvalue weighted by atomic mass is 35.5. The molecule has 4 aliphatic rings. The van der Waals surface area contributed by atoms with Crippen molar-refractivity contribution in [2.24, 2.45) is 23.5 Å². The van der Waals surface area contributed by atoms with Crippen molar-refractivity contribution in [1.82, 2.24) is 9.80 Å². The van der Waals surface area contributed by atoms with Crippen LogP contribution in [0.25, 0.3) is 0 Å². The molecular formula is C18H33Cl2N3O. The number of fused-ring (bicyclic) bond motifs is 2. The van der Waals surface area contributed by atoms with E-state index < -0.39 is 0 Å². The van der Waals surface area contributed by atoms with Crippen molar-refractivity contribution in [2.45, 2.75) is 63.5 Å². The van der Waals surface area contributed by atoms with E-state index in [4.69, 9.17) is 5.73 Å². The molecule has 2 N–H and O–H groups in total. The summed E-state index contributed by atoms with van der Waals surface area (Å²) in [5.74, 6) is 2.77. The van der Waals surface area contributed by atoms with E-state index in [0.29, 0.717) is 18.2 Å². The monoisotopic (exact) mass is 377 g/mol. The topological polar surface area (TPSA) is 49.6 Å². The van der Waals surface area contributed by atoms with Crippen LogP contribution < -0.4 is 5.73 Å². The molecule has 3 aliphatic carbocycles. The van der Waals surface area contributed by atoms with Crippen LogP contribution in [0.4, 0.5) is 0 Å². The summed E-state index contributed by atoms with van der Waals surface area (Å²) in [5, 5.41) is 0. The minimum Gasteiger partial charge on any atom is -0.340 e. The standard InChI is InChI=1S/C18H31N3O.2ClH/c19-16-3-1-2-14(16)12-18(22)21-8-6-20(7-9-21)17-11-13-4-5-15(17)10-13;;/h13-17H,1-12,19H2;2*1H/t13?,14-,15?,16+,17?;;/m0../s1. The second-order valence-electron chi connectivity index (χ2n) is 8.22. The molecule has 0 spiro atoms. The maximum absolute atomic E-state index is 12.5. The van der Waals surface area contributed by atoms with Crippen molar-refractivity contribution in [3.63, 3.8) is 0 Å². The average Bonchev–Trinajstić information content (AvgIpc) is 3.25. The van der Waals surface area contributed by atoms with E-state index in [1.807, 2.05) is 0 Å². The van der Waals surface area contributed by atoms with Gasteiger partial charge in [0.15, 0.2) is 0 Å². The number of piperazine rings is 1. The van der Waals surface area contributed by atoms with E-state index in [1.165, 1.54) is 32.1 Å². The van der Waals surface area contributed by atoms with Crippen LogP contribution in [-0.2, 0) is 4.79 Å². The van der Waals surface area contributed by atoms with Gasteiger partial charge < -0.3 is 10.6 Å². The molecule has 6 heteroatoms. The van der Waals surface area contributed by atoms with Crippen LogP contribution in [-0.4, -0.2) is 54.0 Å². The molecule has 1 amide bonds. The van der Waals surface area contributed by atoms with Crippen LogP contribution in [0.15, 0.2) is 0 Å². The fourth-order valence-corrected chi connectivity index (χ4v) is 5.63. The Hall–Kier alpha value is -0.0300. The lowest BCUT2D eigenvalue weighted by Crippen LogP contribution is -2.53. The van der Waals surface area contributed by atoms with Gasteiger partial charge in [-0.15, -0.1) is 24.8 Å². The van der Waals surface area contributed by atoms with Gasteiger partial charge in [0.25, 0.3) is 0 Å². The van der Waals surface area contributed by atoms with Crippen molar-refractivity contribution in [3.8, 4) is 0 Å². The van der Waals surface area contributed by atoms with Crippen LogP contribution >= 0.6 is 24.8 Å². The minimum atomic E-state index is 0. The summed E-state index contributed by atoms with van der Waals surface area (Å²) in [6, 6.07) is 1.10. The number of halogens is 2. The second-order valence-corrected chi connectivity index (χ2v) is 8.22. The number of carbonyl (C=O) groups excluding carboxylic acids is 1. The predicted octanol–water partition coefficient (Wildman–Crippen LogP) is 2.68. The summed E-state index contributed by atoms with van der Waals surface area (Å²) in [7, 11) is 0. The Balaban J connectivity index is 0.00000104. The highest BCUT2D eigenvalue weighted by molar-refractivity contribution is 5.85. The number of hydrogen-bond acceptors (Lipinski definition) is 3. The van der Waals surface area contributed by atoms with Gasteiger partial charge in [-0.05, 0) is 49.9 Å². The van der Waals surface area contributed by atoms with Gasteiger partial charge in [0.05, 0.1) is 0 Å². The molecule has 1 aliphatic heterocycles. The van der Waals surface area contributed by atoms with E-state index in [-0.39, 0.29) is 30.9 Å². The lowest BCUT2D eigenvalue weighted by molar-refractivity contribution is -0.134. The van der Waals surface area contributed by atoms with Gasteiger partial charge in [0.1, 0.15) is 0 Å². The zero-order valence-electron chi connectivity index (χ0n) is 14.6. The fraction of sp³-hybridized carbons (Fsp3) is 0.944. The van der Waals surface area contributed by atoms with Crippen LogP contribution in [0.1, 0.15) is 51.4 Å². The third-order valence-corrected chi connectivity index (χ3v) is 6.99. The third-order valence-electron chi connectivity index (χ3n) is 6.99. The van der Waals surface area contributed by atoms with E-state index in [2.05, 4.69) is 9.80 Å². The molecule has 4 nitrogen and oxygen atoms in total. The number of rotatable bonds is 3. The van der Waals surface area contributed by atoms with Gasteiger partial charge in [0, 0.05) is 44.7 Å². The zero-order valence-corrected chi connectivity index (χ0v) is 16.2. The van der Waals surface area contributed by atoms with Gasteiger partial charge in [0.2, 0.25) is 5.91 Å². The molecule has 1 heterocycles. The Morgan fingerprint density at radius 2 is 1.71 bits per heavy atom. The first kappa shape index (κ1) is 20.3. The normalized spacial score (nSPS) is 38.7. The van der Waals surface area contributed by atoms with Crippen molar-refractivity contribution in [2.75, 3.05) is 26.2 Å². The van der Waals surface area contributed by atoms with Crippen LogP contribution in [0.5, 0.6) is 0 Å². The molecule has 4 rings (SSSR count). The third kappa shape index (κ3) is 4.03. The van der Waals surface area contributed by atoms with Crippen molar-refractivity contribution in [1.29, 1.82) is 0 Å². The van der Waals surface area contributed by atoms with Gasteiger partial charge in [-0.3, -0.25) is 9.69 Å². The first-order valence-corrected chi connectivity index (χ1v) is 9.48. The van der Waals surface area contributed by atoms with E-state index >= 15 is 0 Å². The number of amides is 1. The van der Waals surface area contributed by atoms with Gasteiger partial charge in [-0.25, -0.2) is 0 Å². The summed E-state index contributed by atoms with van der Waals surface area (Å²) in [6.45, 7) is 4.07. The Labute approximate surface area is 158 Å². The SMILES string of the molecule is Cl.Cl.N[C@@H]1CCC[C@H]1CC(=O)N1CCN(C2CC3CCC2C3)CC1. The summed E-state index contributed by atoms with van der Waals surface area (Å²) in [4.78, 5) is 17.3. The van der Waals surface area contributed by atoms with Crippen LogP contribution in [0.3, 0.4) is 0 Å². The molecule has 0 radical (unpaired) electrons. The maximum Gasteiger partial charge on any atom is 0.222 e. The van der Waals surface area contributed by atoms with Gasteiger partial charge in [-0.2, -0.15) is 0 Å². The molecule has 4 fully saturated rings. The molecular weight excluding hydrogens is 345 g/mol. The van der Waals surface area contributed by atoms with Crippen molar-refractivity contribution < 1.29 is 4.79 Å². The molecule has 0 aromatic carbocycles. The van der Waals surface area contributed by atoms with Crippen molar-refractivity contribution >= 4 is 30.7 Å². The van der Waals surface area contributed by atoms with E-state index in [1.54, 1.807) is 0 Å². The molecule has 5 atom stereocenters. The molecule has 0 aromatic heterocycles. The Bertz CT molecular complexity index is 428. The quantitative estimate of drug-likeness (QED) is 0.822. The smallest absolute Gasteiger partial charge is 0.222 e. The molecule has 3 unspecified atom stereocenters. The van der Waals surface area contributed by atoms with Gasteiger partial charge in [-0.1, -0.05) is 12.8 Å². The molecule has 0 aromatic rings. The van der Waals surface area contributed by atoms with E-state index in [9.17, 15) is 4.79 Å². The van der Waals surface area contributed by atoms with Crippen molar-refractivity contribution in [3.05, 3.63) is 0 Å². The number of nitrogens with zero attached hydrogens (tertiary/aromatic N) is 2. The van der Waals surface area contributed by atoms with Crippen LogP contribution in [0, 0.1) is 17.8 Å². The predicted molar refractivity (Wildman–Crippen MR) is 102 cm³/mol. The minimum absolute atomic E-state index is 0. The molecule has 3 saturated carbocycles. The summed E-state index contributed by atoms with van der Waals surface area (Å²) in [5.41, 5.74) is 6.12. The Morgan fingerprint density at radius 3 is 2.25 bits per heavy atom. The fourth-order valence-electron chi connectivity index (χ4n) is 5.63. The van der Waals surface area contributed by atoms with Gasteiger partial charge >= 0.3 is 0 Å². The van der Waals surface area contributed by atoms with Crippen LogP contribution in [0.2, 0.25) is 0 Å². The second kappa shape index (κ2) is 8.57. The summed E-state index contributed by atoms with van der Waals surface area (Å²) < 4.78 is 0. The van der Waals surface area contributed by atoms with E-state index in [0.717, 1.165) is 56.9 Å². The number of carbonyl (C=O) groups is 1. The molecule has 140 valence electrons. The molecule has 2 bridgehead atoms. The highest BCUT2D eigenvalue weighted by Gasteiger charge is 2.43. The summed E-state index contributed by atoms with van der Waals surface area (Å²) >= 11 is 0. The summed E-state index contributed by atoms with van der Waals surface area (Å²) in [6.07, 6.45) is 9.98. The first-order valence-electron chi connectivity index (χ1n) is 9.48. The highest BCUT2D eigenvalue weighted by Crippen LogP contribution is 2.46. The Kier molecular flexibility index (Phi) is 7.24. The Morgan fingerprint density at radius 1 is 0.958 bits per heavy atom. The number of nitrogens with two attached hydrogens (primary N) is 1. The lowest BCUT2D eigenvalue weighted by atomic mass is 9.93. The lowest BCUT2D eigenvalue weighted by Gasteiger charge is -2.41. The molecule has 1 saturated heterocycles. The average molecular weight is 378 g/mol. The number of hydrogen-bond donors (Lipinski definition) is 1.